The molecule has 2 unspecified atom stereocenters. The smallest absolute Gasteiger partial charge is 0.0795 e. The van der Waals surface area contributed by atoms with Gasteiger partial charge in [-0.05, 0) is 32.6 Å². The highest BCUT2D eigenvalue weighted by Gasteiger charge is 2.21. The van der Waals surface area contributed by atoms with Crippen molar-refractivity contribution in [1.29, 1.82) is 0 Å². The maximum absolute atomic E-state index is 4.37. The summed E-state index contributed by atoms with van der Waals surface area (Å²) < 4.78 is 0. The van der Waals surface area contributed by atoms with E-state index in [1.165, 1.54) is 37.8 Å². The zero-order valence-electron chi connectivity index (χ0n) is 10.3. The molecule has 2 nitrogen and oxygen atoms in total. The molecule has 2 atom stereocenters. The van der Waals surface area contributed by atoms with Gasteiger partial charge in [-0.2, -0.15) is 0 Å². The fraction of sp³-hybridized carbons (Fsp3) is 0.769. The van der Waals surface area contributed by atoms with E-state index in [1.54, 1.807) is 11.3 Å². The van der Waals surface area contributed by atoms with Crippen molar-refractivity contribution in [3.8, 4) is 0 Å². The fourth-order valence-electron chi connectivity index (χ4n) is 2.69. The average molecular weight is 238 g/mol. The van der Waals surface area contributed by atoms with Crippen molar-refractivity contribution in [2.75, 3.05) is 0 Å². The third kappa shape index (κ3) is 3.05. The minimum absolute atomic E-state index is 0.392. The van der Waals surface area contributed by atoms with Crippen molar-refractivity contribution < 1.29 is 0 Å². The second-order valence-electron chi connectivity index (χ2n) is 4.99. The minimum atomic E-state index is 0.392. The lowest BCUT2D eigenvalue weighted by Gasteiger charge is -2.30. The monoisotopic (exact) mass is 238 g/mol. The number of hydrogen-bond acceptors (Lipinski definition) is 3. The van der Waals surface area contributed by atoms with Crippen molar-refractivity contribution in [3.05, 3.63) is 16.6 Å². The van der Waals surface area contributed by atoms with Crippen LogP contribution in [0, 0.1) is 5.92 Å². The molecule has 16 heavy (non-hydrogen) atoms. The van der Waals surface area contributed by atoms with Crippen molar-refractivity contribution in [2.45, 2.75) is 58.0 Å². The van der Waals surface area contributed by atoms with Crippen molar-refractivity contribution in [1.82, 2.24) is 10.3 Å². The van der Waals surface area contributed by atoms with E-state index in [0.29, 0.717) is 12.1 Å². The van der Waals surface area contributed by atoms with Gasteiger partial charge in [-0.1, -0.05) is 19.3 Å². The molecule has 0 amide bonds. The molecule has 1 aromatic heterocycles. The lowest BCUT2D eigenvalue weighted by Crippen LogP contribution is -2.36. The van der Waals surface area contributed by atoms with Crippen LogP contribution in [0.15, 0.2) is 10.9 Å². The standard InChI is InChI=1S/C13H22N2S/c1-10(12-6-4-3-5-7-12)15-11(2)13-8-16-9-14-13/h8-12,15H,3-7H2,1-2H3. The molecule has 1 aliphatic rings. The van der Waals surface area contributed by atoms with E-state index in [4.69, 9.17) is 0 Å². The SMILES string of the molecule is CC(NC(C)C1CCCCC1)c1cscn1. The number of thiazole rings is 1. The maximum Gasteiger partial charge on any atom is 0.0795 e. The van der Waals surface area contributed by atoms with Crippen LogP contribution in [0.25, 0.3) is 0 Å². The molecular weight excluding hydrogens is 216 g/mol. The van der Waals surface area contributed by atoms with Gasteiger partial charge in [0.15, 0.2) is 0 Å². The molecular formula is C13H22N2S. The molecule has 1 aliphatic carbocycles. The van der Waals surface area contributed by atoms with Gasteiger partial charge >= 0.3 is 0 Å². The van der Waals surface area contributed by atoms with Crippen LogP contribution in [0.3, 0.4) is 0 Å². The second kappa shape index (κ2) is 5.78. The van der Waals surface area contributed by atoms with E-state index in [2.05, 4.69) is 29.5 Å². The van der Waals surface area contributed by atoms with E-state index in [1.807, 2.05) is 5.51 Å². The second-order valence-corrected chi connectivity index (χ2v) is 5.71. The summed E-state index contributed by atoms with van der Waals surface area (Å²) in [5.41, 5.74) is 3.10. The highest BCUT2D eigenvalue weighted by molar-refractivity contribution is 7.07. The van der Waals surface area contributed by atoms with E-state index in [-0.39, 0.29) is 0 Å². The van der Waals surface area contributed by atoms with Gasteiger partial charge in [0, 0.05) is 17.5 Å². The Morgan fingerprint density at radius 3 is 2.69 bits per heavy atom. The first kappa shape index (κ1) is 12.1. The van der Waals surface area contributed by atoms with Gasteiger partial charge in [0.25, 0.3) is 0 Å². The summed E-state index contributed by atoms with van der Waals surface area (Å²) in [7, 11) is 0. The van der Waals surface area contributed by atoms with Crippen LogP contribution in [0.1, 0.15) is 57.7 Å². The van der Waals surface area contributed by atoms with E-state index >= 15 is 0 Å². The number of nitrogens with one attached hydrogen (secondary N) is 1. The van der Waals surface area contributed by atoms with Gasteiger partial charge in [-0.15, -0.1) is 11.3 Å². The van der Waals surface area contributed by atoms with Gasteiger partial charge in [0.2, 0.25) is 0 Å². The van der Waals surface area contributed by atoms with Gasteiger partial charge in [-0.3, -0.25) is 0 Å². The van der Waals surface area contributed by atoms with Crippen LogP contribution in [0.5, 0.6) is 0 Å². The van der Waals surface area contributed by atoms with Crippen LogP contribution in [-0.2, 0) is 0 Å². The summed E-state index contributed by atoms with van der Waals surface area (Å²) in [4.78, 5) is 4.37. The Morgan fingerprint density at radius 1 is 1.31 bits per heavy atom. The first-order valence-corrected chi connectivity index (χ1v) is 7.36. The molecule has 1 saturated carbocycles. The number of nitrogens with zero attached hydrogens (tertiary/aromatic N) is 1. The van der Waals surface area contributed by atoms with Gasteiger partial charge in [-0.25, -0.2) is 4.98 Å². The van der Waals surface area contributed by atoms with Crippen molar-refractivity contribution in [3.63, 3.8) is 0 Å². The topological polar surface area (TPSA) is 24.9 Å². The Bertz CT molecular complexity index is 291. The Kier molecular flexibility index (Phi) is 4.36. The Labute approximate surface area is 102 Å². The molecule has 0 aliphatic heterocycles. The summed E-state index contributed by atoms with van der Waals surface area (Å²) in [5.74, 6) is 0.870. The first-order chi connectivity index (χ1) is 7.77. The summed E-state index contributed by atoms with van der Waals surface area (Å²) in [6, 6.07) is 1.01. The summed E-state index contributed by atoms with van der Waals surface area (Å²) in [5, 5.41) is 5.84. The average Bonchev–Trinajstić information content (AvgIpc) is 2.83. The Hall–Kier alpha value is -0.410. The molecule has 2 rings (SSSR count). The lowest BCUT2D eigenvalue weighted by atomic mass is 9.84. The molecule has 0 radical (unpaired) electrons. The quantitative estimate of drug-likeness (QED) is 0.864. The molecule has 3 heteroatoms. The predicted octanol–water partition coefficient (Wildman–Crippen LogP) is 3.76. The summed E-state index contributed by atoms with van der Waals surface area (Å²) in [6.07, 6.45) is 7.07. The molecule has 0 spiro atoms. The van der Waals surface area contributed by atoms with E-state index in [9.17, 15) is 0 Å². The molecule has 1 aromatic rings. The molecule has 1 heterocycles. The van der Waals surface area contributed by atoms with Gasteiger partial charge in [0.05, 0.1) is 11.2 Å². The van der Waals surface area contributed by atoms with E-state index < -0.39 is 0 Å². The van der Waals surface area contributed by atoms with Crippen LogP contribution >= 0.6 is 11.3 Å². The first-order valence-electron chi connectivity index (χ1n) is 6.41. The highest BCUT2D eigenvalue weighted by Crippen LogP contribution is 2.27. The number of hydrogen-bond donors (Lipinski definition) is 1. The van der Waals surface area contributed by atoms with Gasteiger partial charge < -0.3 is 5.32 Å². The largest absolute Gasteiger partial charge is 0.306 e. The lowest BCUT2D eigenvalue weighted by molar-refractivity contribution is 0.267. The van der Waals surface area contributed by atoms with Crippen LogP contribution in [0.4, 0.5) is 0 Å². The highest BCUT2D eigenvalue weighted by atomic mass is 32.1. The van der Waals surface area contributed by atoms with Crippen LogP contribution in [-0.4, -0.2) is 11.0 Å². The van der Waals surface area contributed by atoms with Crippen molar-refractivity contribution >= 4 is 11.3 Å². The van der Waals surface area contributed by atoms with Crippen LogP contribution < -0.4 is 5.32 Å². The number of rotatable bonds is 4. The molecule has 0 saturated heterocycles. The molecule has 0 bridgehead atoms. The molecule has 0 aromatic carbocycles. The third-order valence-corrected chi connectivity index (χ3v) is 4.37. The zero-order chi connectivity index (χ0) is 11.4. The third-order valence-electron chi connectivity index (χ3n) is 3.76. The normalized spacial score (nSPS) is 21.9. The zero-order valence-corrected chi connectivity index (χ0v) is 11.1. The van der Waals surface area contributed by atoms with Crippen LogP contribution in [0.2, 0.25) is 0 Å². The maximum atomic E-state index is 4.37. The Morgan fingerprint density at radius 2 is 2.06 bits per heavy atom. The molecule has 1 fully saturated rings. The molecule has 1 N–H and O–H groups in total. The minimum Gasteiger partial charge on any atom is -0.306 e. The van der Waals surface area contributed by atoms with Crippen molar-refractivity contribution in [2.24, 2.45) is 5.92 Å². The molecule has 90 valence electrons. The number of aromatic nitrogens is 1. The summed E-state index contributed by atoms with van der Waals surface area (Å²) in [6.45, 7) is 4.55. The summed E-state index contributed by atoms with van der Waals surface area (Å²) >= 11 is 1.68. The predicted molar refractivity (Wildman–Crippen MR) is 69.7 cm³/mol. The Balaban J connectivity index is 1.84. The van der Waals surface area contributed by atoms with Gasteiger partial charge in [0.1, 0.15) is 0 Å². The fourth-order valence-corrected chi connectivity index (χ4v) is 3.33. The van der Waals surface area contributed by atoms with E-state index in [0.717, 1.165) is 5.92 Å².